The molecule has 1 aromatic carbocycles. The molecule has 0 aliphatic carbocycles. The number of hydrogen-bond donors (Lipinski definition) is 0. The lowest BCUT2D eigenvalue weighted by Crippen LogP contribution is -2.42. The maximum atomic E-state index is 5.45. The highest BCUT2D eigenvalue weighted by atomic mass is 28.4. The van der Waals surface area contributed by atoms with Crippen LogP contribution in [0.3, 0.4) is 0 Å². The lowest BCUT2D eigenvalue weighted by molar-refractivity contribution is 0.122. The van der Waals surface area contributed by atoms with Crippen LogP contribution in [-0.2, 0) is 19.7 Å². The van der Waals surface area contributed by atoms with Crippen molar-refractivity contribution in [3.05, 3.63) is 42.2 Å². The van der Waals surface area contributed by atoms with Crippen LogP contribution in [0.1, 0.15) is 37.8 Å². The molecule has 24 heavy (non-hydrogen) atoms. The fourth-order valence-electron chi connectivity index (χ4n) is 3.10. The van der Waals surface area contributed by atoms with Crippen molar-refractivity contribution in [3.8, 4) is 0 Å². The third-order valence-electron chi connectivity index (χ3n) is 4.59. The SMILES string of the molecule is CO[Si](CCCCCCCc1nccc2ccccc12)(OC)OC. The number of pyridine rings is 1. The van der Waals surface area contributed by atoms with E-state index in [1.54, 1.807) is 21.3 Å². The Morgan fingerprint density at radius 3 is 2.25 bits per heavy atom. The Labute approximate surface area is 146 Å². The first kappa shape index (κ1) is 19.1. The molecule has 0 aliphatic heterocycles. The summed E-state index contributed by atoms with van der Waals surface area (Å²) in [4.78, 5) is 4.56. The van der Waals surface area contributed by atoms with Gasteiger partial charge in [-0.3, -0.25) is 4.98 Å². The van der Waals surface area contributed by atoms with Gasteiger partial charge in [0, 0.05) is 44.7 Å². The smallest absolute Gasteiger partial charge is 0.377 e. The van der Waals surface area contributed by atoms with Crippen LogP contribution in [0.25, 0.3) is 10.8 Å². The molecule has 0 unspecified atom stereocenters. The summed E-state index contributed by atoms with van der Waals surface area (Å²) in [6, 6.07) is 11.5. The Morgan fingerprint density at radius 2 is 1.50 bits per heavy atom. The molecular weight excluding hydrogens is 318 g/mol. The number of aromatic nitrogens is 1. The maximum Gasteiger partial charge on any atom is 0.500 e. The van der Waals surface area contributed by atoms with Gasteiger partial charge in [-0.15, -0.1) is 0 Å². The van der Waals surface area contributed by atoms with Crippen molar-refractivity contribution in [1.82, 2.24) is 4.98 Å². The zero-order chi connectivity index (χ0) is 17.3. The molecule has 2 aromatic rings. The summed E-state index contributed by atoms with van der Waals surface area (Å²) in [7, 11) is 2.65. The average molecular weight is 348 g/mol. The van der Waals surface area contributed by atoms with E-state index < -0.39 is 8.80 Å². The van der Waals surface area contributed by atoms with E-state index in [0.717, 1.165) is 18.9 Å². The lowest BCUT2D eigenvalue weighted by atomic mass is 10.0. The van der Waals surface area contributed by atoms with Gasteiger partial charge in [-0.25, -0.2) is 0 Å². The second-order valence-electron chi connectivity index (χ2n) is 6.04. The normalized spacial score (nSPS) is 12.0. The predicted octanol–water partition coefficient (Wildman–Crippen LogP) is 4.61. The Hall–Kier alpha value is -1.27. The topological polar surface area (TPSA) is 40.6 Å². The van der Waals surface area contributed by atoms with Crippen LogP contribution < -0.4 is 0 Å². The van der Waals surface area contributed by atoms with Gasteiger partial charge >= 0.3 is 8.80 Å². The van der Waals surface area contributed by atoms with Crippen LogP contribution in [0.4, 0.5) is 0 Å². The summed E-state index contributed by atoms with van der Waals surface area (Å²) < 4.78 is 16.3. The van der Waals surface area contributed by atoms with Gasteiger partial charge in [0.25, 0.3) is 0 Å². The fraction of sp³-hybridized carbons (Fsp3) is 0.526. The van der Waals surface area contributed by atoms with Crippen LogP contribution in [0.15, 0.2) is 36.5 Å². The number of hydrogen-bond acceptors (Lipinski definition) is 4. The molecule has 0 amide bonds. The highest BCUT2D eigenvalue weighted by molar-refractivity contribution is 6.60. The summed E-state index contributed by atoms with van der Waals surface area (Å²) in [5.41, 5.74) is 1.22. The quantitative estimate of drug-likeness (QED) is 0.440. The molecule has 0 N–H and O–H groups in total. The van der Waals surface area contributed by atoms with E-state index in [9.17, 15) is 0 Å². The Morgan fingerprint density at radius 1 is 0.833 bits per heavy atom. The molecule has 0 saturated carbocycles. The van der Waals surface area contributed by atoms with Gasteiger partial charge in [0.05, 0.1) is 0 Å². The van der Waals surface area contributed by atoms with E-state index in [1.807, 2.05) is 6.20 Å². The maximum absolute atomic E-state index is 5.45. The molecule has 1 aromatic heterocycles. The van der Waals surface area contributed by atoms with Crippen LogP contribution in [0.2, 0.25) is 6.04 Å². The number of rotatable bonds is 11. The second-order valence-corrected chi connectivity index (χ2v) is 9.13. The molecule has 0 radical (unpaired) electrons. The Kier molecular flexibility index (Phi) is 7.85. The Bertz CT molecular complexity index is 603. The van der Waals surface area contributed by atoms with Crippen LogP contribution in [0.5, 0.6) is 0 Å². The van der Waals surface area contributed by atoms with Gasteiger partial charge in [0.1, 0.15) is 0 Å². The third kappa shape index (κ3) is 5.11. The van der Waals surface area contributed by atoms with E-state index in [1.165, 1.54) is 42.1 Å². The van der Waals surface area contributed by atoms with E-state index >= 15 is 0 Å². The minimum Gasteiger partial charge on any atom is -0.377 e. The summed E-state index contributed by atoms with van der Waals surface area (Å²) in [6.07, 6.45) is 8.89. The number of aryl methyl sites for hydroxylation is 1. The van der Waals surface area contributed by atoms with Crippen molar-refractivity contribution >= 4 is 19.6 Å². The lowest BCUT2D eigenvalue weighted by Gasteiger charge is -2.24. The number of benzene rings is 1. The predicted molar refractivity (Wildman–Crippen MR) is 100 cm³/mol. The first-order chi connectivity index (χ1) is 11.7. The Balaban J connectivity index is 1.68. The van der Waals surface area contributed by atoms with Crippen LogP contribution >= 0.6 is 0 Å². The zero-order valence-corrected chi connectivity index (χ0v) is 16.1. The van der Waals surface area contributed by atoms with Crippen molar-refractivity contribution in [1.29, 1.82) is 0 Å². The highest BCUT2D eigenvalue weighted by Gasteiger charge is 2.36. The third-order valence-corrected chi connectivity index (χ3v) is 7.42. The number of nitrogens with zero attached hydrogens (tertiary/aromatic N) is 1. The molecule has 0 bridgehead atoms. The largest absolute Gasteiger partial charge is 0.500 e. The molecule has 0 fully saturated rings. The van der Waals surface area contributed by atoms with Crippen molar-refractivity contribution in [2.45, 2.75) is 44.6 Å². The molecule has 5 heteroatoms. The highest BCUT2D eigenvalue weighted by Crippen LogP contribution is 2.20. The van der Waals surface area contributed by atoms with Crippen LogP contribution in [0, 0.1) is 0 Å². The summed E-state index contributed by atoms with van der Waals surface area (Å²) >= 11 is 0. The molecule has 2 rings (SSSR count). The minimum absolute atomic E-state index is 0.890. The van der Waals surface area contributed by atoms with Gasteiger partial charge in [0.15, 0.2) is 0 Å². The van der Waals surface area contributed by atoms with Crippen molar-refractivity contribution < 1.29 is 13.3 Å². The van der Waals surface area contributed by atoms with Crippen molar-refractivity contribution in [2.75, 3.05) is 21.3 Å². The first-order valence-electron chi connectivity index (χ1n) is 8.73. The number of fused-ring (bicyclic) bond motifs is 1. The van der Waals surface area contributed by atoms with Gasteiger partial charge in [0.2, 0.25) is 0 Å². The van der Waals surface area contributed by atoms with Crippen LogP contribution in [-0.4, -0.2) is 35.1 Å². The van der Waals surface area contributed by atoms with Gasteiger partial charge in [-0.2, -0.15) is 0 Å². The molecule has 0 aliphatic rings. The molecule has 4 nitrogen and oxygen atoms in total. The van der Waals surface area contributed by atoms with Crippen molar-refractivity contribution in [3.63, 3.8) is 0 Å². The molecule has 0 spiro atoms. The summed E-state index contributed by atoms with van der Waals surface area (Å²) in [5.74, 6) is 0. The molecular formula is C19H29NO3Si. The summed E-state index contributed by atoms with van der Waals surface area (Å²) in [5, 5.41) is 2.57. The van der Waals surface area contributed by atoms with Gasteiger partial charge in [-0.05, 0) is 30.7 Å². The van der Waals surface area contributed by atoms with E-state index in [2.05, 4.69) is 35.3 Å². The minimum atomic E-state index is -2.38. The molecule has 1 heterocycles. The van der Waals surface area contributed by atoms with Crippen molar-refractivity contribution in [2.24, 2.45) is 0 Å². The molecule has 0 saturated heterocycles. The monoisotopic (exact) mass is 347 g/mol. The molecule has 0 atom stereocenters. The average Bonchev–Trinajstić information content (AvgIpc) is 2.65. The zero-order valence-electron chi connectivity index (χ0n) is 15.1. The summed E-state index contributed by atoms with van der Waals surface area (Å²) in [6.45, 7) is 0. The fourth-order valence-corrected chi connectivity index (χ4v) is 4.90. The molecule has 132 valence electrons. The van der Waals surface area contributed by atoms with E-state index in [4.69, 9.17) is 13.3 Å². The van der Waals surface area contributed by atoms with E-state index in [-0.39, 0.29) is 0 Å². The first-order valence-corrected chi connectivity index (χ1v) is 10.7. The van der Waals surface area contributed by atoms with Gasteiger partial charge < -0.3 is 13.3 Å². The van der Waals surface area contributed by atoms with E-state index in [0.29, 0.717) is 0 Å². The van der Waals surface area contributed by atoms with Gasteiger partial charge in [-0.1, -0.05) is 43.5 Å². The number of unbranched alkanes of at least 4 members (excludes halogenated alkanes) is 4. The second kappa shape index (κ2) is 9.89. The standard InChI is InChI=1S/C19H29NO3Si/c1-21-24(22-2,23-3)16-10-6-4-5-7-13-19-18-12-9-8-11-17(18)14-15-20-19/h8-9,11-12,14-15H,4-7,10,13,16H2,1-3H3.